The molecule has 1 aromatic rings. The predicted molar refractivity (Wildman–Crippen MR) is 81.5 cm³/mol. The van der Waals surface area contributed by atoms with Crippen LogP contribution in [0, 0.1) is 6.92 Å². The number of carbonyl (C=O) groups is 1. The van der Waals surface area contributed by atoms with Gasteiger partial charge in [-0.05, 0) is 25.5 Å². The van der Waals surface area contributed by atoms with E-state index in [0.29, 0.717) is 5.56 Å². The van der Waals surface area contributed by atoms with Gasteiger partial charge in [-0.25, -0.2) is 4.79 Å². The van der Waals surface area contributed by atoms with Gasteiger partial charge in [0.05, 0.1) is 11.3 Å². The smallest absolute Gasteiger partial charge is 0.337 e. The Balaban J connectivity index is 2.29. The van der Waals surface area contributed by atoms with E-state index in [4.69, 9.17) is 0 Å². The van der Waals surface area contributed by atoms with Crippen molar-refractivity contribution in [3.05, 3.63) is 29.3 Å². The lowest BCUT2D eigenvalue weighted by molar-refractivity contribution is 0.0697. The molecule has 0 saturated carbocycles. The van der Waals surface area contributed by atoms with Gasteiger partial charge in [0.1, 0.15) is 0 Å². The Labute approximate surface area is 119 Å². The van der Waals surface area contributed by atoms with Crippen molar-refractivity contribution >= 4 is 23.4 Å². The molecule has 0 atom stereocenters. The first-order valence-electron chi connectivity index (χ1n) is 6.62. The van der Waals surface area contributed by atoms with E-state index in [0.717, 1.165) is 36.5 Å². The lowest BCUT2D eigenvalue weighted by Crippen LogP contribution is -2.28. The van der Waals surface area contributed by atoms with Crippen LogP contribution in [0.2, 0.25) is 0 Å². The van der Waals surface area contributed by atoms with E-state index in [1.165, 1.54) is 0 Å². The minimum Gasteiger partial charge on any atom is -0.478 e. The minimum atomic E-state index is -0.838. The summed E-state index contributed by atoms with van der Waals surface area (Å²) < 4.78 is 0.281. The summed E-state index contributed by atoms with van der Waals surface area (Å²) in [5, 5.41) is 9.36. The summed E-state index contributed by atoms with van der Waals surface area (Å²) in [7, 11) is 0. The Morgan fingerprint density at radius 2 is 2.11 bits per heavy atom. The Bertz CT molecular complexity index is 485. The normalized spacial score (nSPS) is 19.0. The number of rotatable bonds is 2. The van der Waals surface area contributed by atoms with E-state index in [-0.39, 0.29) is 4.75 Å². The van der Waals surface area contributed by atoms with Gasteiger partial charge in [-0.2, -0.15) is 11.8 Å². The molecule has 0 aromatic heterocycles. The maximum absolute atomic E-state index is 11.4. The Morgan fingerprint density at radius 1 is 1.37 bits per heavy atom. The van der Waals surface area contributed by atoms with Gasteiger partial charge in [0, 0.05) is 23.6 Å². The maximum atomic E-state index is 11.4. The van der Waals surface area contributed by atoms with Gasteiger partial charge < -0.3 is 10.0 Å². The molecule has 1 N–H and O–H groups in total. The highest BCUT2D eigenvalue weighted by atomic mass is 32.2. The molecular weight excluding hydrogens is 258 g/mol. The molecule has 0 unspecified atom stereocenters. The molecule has 1 aliphatic heterocycles. The first-order chi connectivity index (χ1) is 8.89. The molecule has 1 fully saturated rings. The number of carboxylic acids is 1. The number of aryl methyl sites for hydroxylation is 1. The zero-order valence-corrected chi connectivity index (χ0v) is 12.6. The number of nitrogens with zero attached hydrogens (tertiary/aromatic N) is 1. The van der Waals surface area contributed by atoms with Crippen molar-refractivity contribution in [2.75, 3.05) is 23.7 Å². The SMILES string of the molecule is Cc1ccc(N2CCSC(C)(C)CC2)c(C(=O)O)c1. The summed E-state index contributed by atoms with van der Waals surface area (Å²) in [5.74, 6) is 0.204. The third kappa shape index (κ3) is 3.44. The third-order valence-corrected chi connectivity index (χ3v) is 4.93. The van der Waals surface area contributed by atoms with Crippen LogP contribution in [0.25, 0.3) is 0 Å². The predicted octanol–water partition coefficient (Wildman–Crippen LogP) is 3.42. The number of aromatic carboxylic acids is 1. The van der Waals surface area contributed by atoms with E-state index in [1.54, 1.807) is 6.07 Å². The van der Waals surface area contributed by atoms with E-state index in [9.17, 15) is 9.90 Å². The van der Waals surface area contributed by atoms with Gasteiger partial charge in [0.15, 0.2) is 0 Å². The average Bonchev–Trinajstić information content (AvgIpc) is 2.50. The summed E-state index contributed by atoms with van der Waals surface area (Å²) >= 11 is 1.97. The second-order valence-electron chi connectivity index (χ2n) is 5.67. The van der Waals surface area contributed by atoms with Crippen LogP contribution in [0.3, 0.4) is 0 Å². The first kappa shape index (κ1) is 14.3. The quantitative estimate of drug-likeness (QED) is 0.900. The van der Waals surface area contributed by atoms with Crippen LogP contribution < -0.4 is 4.90 Å². The van der Waals surface area contributed by atoms with Crippen molar-refractivity contribution < 1.29 is 9.90 Å². The number of hydrogen-bond acceptors (Lipinski definition) is 3. The molecule has 1 aliphatic rings. The summed E-state index contributed by atoms with van der Waals surface area (Å²) in [6.07, 6.45) is 1.07. The zero-order valence-electron chi connectivity index (χ0n) is 11.8. The van der Waals surface area contributed by atoms with Crippen molar-refractivity contribution in [1.29, 1.82) is 0 Å². The molecule has 0 spiro atoms. The highest BCUT2D eigenvalue weighted by molar-refractivity contribution is 8.00. The van der Waals surface area contributed by atoms with Gasteiger partial charge >= 0.3 is 5.97 Å². The van der Waals surface area contributed by atoms with Crippen molar-refractivity contribution in [2.45, 2.75) is 31.9 Å². The molecule has 2 rings (SSSR count). The summed E-state index contributed by atoms with van der Waals surface area (Å²) in [6, 6.07) is 5.70. The van der Waals surface area contributed by atoms with Gasteiger partial charge in [-0.15, -0.1) is 0 Å². The third-order valence-electron chi connectivity index (χ3n) is 3.56. The number of thioether (sulfide) groups is 1. The largest absolute Gasteiger partial charge is 0.478 e. The van der Waals surface area contributed by atoms with Gasteiger partial charge in [-0.1, -0.05) is 25.5 Å². The molecule has 0 amide bonds. The highest BCUT2D eigenvalue weighted by Gasteiger charge is 2.25. The monoisotopic (exact) mass is 279 g/mol. The molecule has 104 valence electrons. The maximum Gasteiger partial charge on any atom is 0.337 e. The molecule has 1 aromatic carbocycles. The van der Waals surface area contributed by atoms with Crippen LogP contribution in [0.1, 0.15) is 36.2 Å². The van der Waals surface area contributed by atoms with Crippen LogP contribution in [0.15, 0.2) is 18.2 Å². The molecule has 1 saturated heterocycles. The standard InChI is InChI=1S/C15H21NO2S/c1-11-4-5-13(12(10-11)14(17)18)16-7-6-15(2,3)19-9-8-16/h4-5,10H,6-9H2,1-3H3,(H,17,18). The zero-order chi connectivity index (χ0) is 14.0. The molecule has 1 heterocycles. The number of carboxylic acid groups (broad SMARTS) is 1. The number of anilines is 1. The van der Waals surface area contributed by atoms with Crippen LogP contribution >= 0.6 is 11.8 Å². The molecule has 3 nitrogen and oxygen atoms in total. The van der Waals surface area contributed by atoms with E-state index in [2.05, 4.69) is 18.7 Å². The number of benzene rings is 1. The molecule has 0 bridgehead atoms. The highest BCUT2D eigenvalue weighted by Crippen LogP contribution is 2.33. The Morgan fingerprint density at radius 3 is 2.79 bits per heavy atom. The van der Waals surface area contributed by atoms with E-state index in [1.807, 2.05) is 30.8 Å². The fourth-order valence-corrected chi connectivity index (χ4v) is 3.46. The second-order valence-corrected chi connectivity index (χ2v) is 7.47. The fourth-order valence-electron chi connectivity index (χ4n) is 2.36. The van der Waals surface area contributed by atoms with Crippen LogP contribution in [-0.4, -0.2) is 34.7 Å². The lowest BCUT2D eigenvalue weighted by Gasteiger charge is -2.25. The van der Waals surface area contributed by atoms with Crippen molar-refractivity contribution in [3.8, 4) is 0 Å². The molecule has 4 heteroatoms. The summed E-state index contributed by atoms with van der Waals surface area (Å²) in [6.45, 7) is 8.28. The topological polar surface area (TPSA) is 40.5 Å². The van der Waals surface area contributed by atoms with Gasteiger partial charge in [-0.3, -0.25) is 0 Å². The van der Waals surface area contributed by atoms with Crippen molar-refractivity contribution in [1.82, 2.24) is 0 Å². The summed E-state index contributed by atoms with van der Waals surface area (Å²) in [4.78, 5) is 13.6. The lowest BCUT2D eigenvalue weighted by atomic mass is 10.1. The first-order valence-corrected chi connectivity index (χ1v) is 7.60. The Kier molecular flexibility index (Phi) is 4.09. The molecule has 0 radical (unpaired) electrons. The van der Waals surface area contributed by atoms with E-state index < -0.39 is 5.97 Å². The number of hydrogen-bond donors (Lipinski definition) is 1. The fraction of sp³-hybridized carbons (Fsp3) is 0.533. The van der Waals surface area contributed by atoms with Gasteiger partial charge in [0.25, 0.3) is 0 Å². The van der Waals surface area contributed by atoms with E-state index >= 15 is 0 Å². The van der Waals surface area contributed by atoms with Crippen LogP contribution in [0.5, 0.6) is 0 Å². The van der Waals surface area contributed by atoms with Crippen molar-refractivity contribution in [3.63, 3.8) is 0 Å². The Hall–Kier alpha value is -1.16. The second kappa shape index (κ2) is 5.45. The summed E-state index contributed by atoms with van der Waals surface area (Å²) in [5.41, 5.74) is 2.27. The van der Waals surface area contributed by atoms with Gasteiger partial charge in [0.2, 0.25) is 0 Å². The molecular formula is C15H21NO2S. The van der Waals surface area contributed by atoms with Crippen LogP contribution in [0.4, 0.5) is 5.69 Å². The van der Waals surface area contributed by atoms with Crippen LogP contribution in [-0.2, 0) is 0 Å². The molecule has 19 heavy (non-hydrogen) atoms. The van der Waals surface area contributed by atoms with Crippen molar-refractivity contribution in [2.24, 2.45) is 0 Å². The average molecular weight is 279 g/mol. The molecule has 0 aliphatic carbocycles. The minimum absolute atomic E-state index is 0.281.